The molecule has 0 amide bonds. The molecule has 0 aromatic carbocycles. The Morgan fingerprint density at radius 1 is 1.15 bits per heavy atom. The minimum atomic E-state index is -2.66. The number of aromatic amines is 1. The first-order valence-corrected chi connectivity index (χ1v) is 9.92. The van der Waals surface area contributed by atoms with Gasteiger partial charge in [-0.25, -0.2) is 13.8 Å². The first kappa shape index (κ1) is 16.9. The Hall–Kier alpha value is -2.25. The largest absolute Gasteiger partial charge is 0.334 e. The highest BCUT2D eigenvalue weighted by atomic mass is 19.3. The number of hydrogen-bond donors (Lipinski definition) is 2. The molecular formula is C19H24F2N6. The van der Waals surface area contributed by atoms with E-state index in [1.54, 1.807) is 4.90 Å². The van der Waals surface area contributed by atoms with E-state index in [1.807, 2.05) is 0 Å². The van der Waals surface area contributed by atoms with Crippen molar-refractivity contribution in [1.82, 2.24) is 20.2 Å². The molecule has 3 aliphatic rings. The Bertz CT molecular complexity index is 843. The van der Waals surface area contributed by atoms with Crippen LogP contribution < -0.4 is 10.2 Å². The van der Waals surface area contributed by atoms with Crippen LogP contribution in [0.4, 0.5) is 26.4 Å². The molecule has 8 heteroatoms. The van der Waals surface area contributed by atoms with Gasteiger partial charge in [-0.05, 0) is 32.1 Å². The number of nitrogens with one attached hydrogen (secondary N) is 2. The predicted octanol–water partition coefficient (Wildman–Crippen LogP) is 3.94. The first-order valence-electron chi connectivity index (χ1n) is 9.92. The van der Waals surface area contributed by atoms with Gasteiger partial charge in [0.25, 0.3) is 5.92 Å². The van der Waals surface area contributed by atoms with Crippen molar-refractivity contribution in [1.29, 1.82) is 0 Å². The van der Waals surface area contributed by atoms with Crippen molar-refractivity contribution in [3.8, 4) is 0 Å². The third kappa shape index (κ3) is 3.26. The molecule has 1 saturated heterocycles. The van der Waals surface area contributed by atoms with Gasteiger partial charge in [-0.15, -0.1) is 0 Å². The van der Waals surface area contributed by atoms with Gasteiger partial charge < -0.3 is 10.2 Å². The molecule has 3 heterocycles. The maximum atomic E-state index is 13.6. The summed E-state index contributed by atoms with van der Waals surface area (Å²) in [6, 6.07) is 2.06. The lowest BCUT2D eigenvalue weighted by atomic mass is 10.0. The van der Waals surface area contributed by atoms with E-state index >= 15 is 0 Å². The monoisotopic (exact) mass is 374 g/mol. The molecule has 5 rings (SSSR count). The quantitative estimate of drug-likeness (QED) is 0.848. The van der Waals surface area contributed by atoms with Crippen LogP contribution in [0.15, 0.2) is 6.07 Å². The number of nitrogens with zero attached hydrogens (tertiary/aromatic N) is 4. The molecule has 2 aromatic heterocycles. The highest BCUT2D eigenvalue weighted by Crippen LogP contribution is 2.36. The molecule has 1 saturated carbocycles. The number of anilines is 3. The summed E-state index contributed by atoms with van der Waals surface area (Å²) in [6.07, 6.45) is 7.62. The van der Waals surface area contributed by atoms with Crippen molar-refractivity contribution in [3.63, 3.8) is 0 Å². The van der Waals surface area contributed by atoms with Crippen LogP contribution in [-0.2, 0) is 12.8 Å². The standard InChI is InChI=1S/C19H24F2N6/c20-19(21)8-9-27(11-19)18-22-14-7-3-6-13(14)17(24-18)23-16-10-15(25-26-16)12-4-1-2-5-12/h10,12H,1-9,11H2,(H2,22,23,24,25,26). The molecule has 0 bridgehead atoms. The lowest BCUT2D eigenvalue weighted by molar-refractivity contribution is 0.0256. The first-order chi connectivity index (χ1) is 13.1. The zero-order chi connectivity index (χ0) is 18.4. The van der Waals surface area contributed by atoms with E-state index in [0.717, 1.165) is 36.3 Å². The summed E-state index contributed by atoms with van der Waals surface area (Å²) in [7, 11) is 0. The summed E-state index contributed by atoms with van der Waals surface area (Å²) in [5, 5.41) is 10.9. The SMILES string of the molecule is FC1(F)CCN(c2nc3c(c(Nc4cc(C5CCCC5)[nH]n4)n2)CCC3)C1. The third-order valence-corrected chi connectivity index (χ3v) is 6.01. The predicted molar refractivity (Wildman–Crippen MR) is 98.9 cm³/mol. The van der Waals surface area contributed by atoms with Crippen molar-refractivity contribution >= 4 is 17.6 Å². The second-order valence-corrected chi connectivity index (χ2v) is 7.99. The van der Waals surface area contributed by atoms with Gasteiger partial charge in [0.1, 0.15) is 5.82 Å². The average Bonchev–Trinajstić information content (AvgIpc) is 3.41. The molecule has 0 spiro atoms. The number of halogens is 2. The Kier molecular flexibility index (Phi) is 4.02. The van der Waals surface area contributed by atoms with Crippen molar-refractivity contribution < 1.29 is 8.78 Å². The Morgan fingerprint density at radius 3 is 2.78 bits per heavy atom. The fraction of sp³-hybridized carbons (Fsp3) is 0.632. The normalized spacial score (nSPS) is 21.8. The van der Waals surface area contributed by atoms with E-state index in [-0.39, 0.29) is 13.0 Å². The number of fused-ring (bicyclic) bond motifs is 1. The number of rotatable bonds is 4. The molecule has 27 heavy (non-hydrogen) atoms. The molecule has 6 nitrogen and oxygen atoms in total. The molecule has 144 valence electrons. The maximum Gasteiger partial charge on any atom is 0.267 e. The fourth-order valence-electron chi connectivity index (χ4n) is 4.54. The van der Waals surface area contributed by atoms with Crippen LogP contribution in [0, 0.1) is 0 Å². The minimum absolute atomic E-state index is 0.139. The van der Waals surface area contributed by atoms with Gasteiger partial charge in [0.15, 0.2) is 5.82 Å². The topological polar surface area (TPSA) is 69.7 Å². The van der Waals surface area contributed by atoms with Gasteiger partial charge in [-0.3, -0.25) is 5.10 Å². The summed E-state index contributed by atoms with van der Waals surface area (Å²) in [4.78, 5) is 10.8. The van der Waals surface area contributed by atoms with Crippen molar-refractivity contribution in [2.45, 2.75) is 63.2 Å². The molecule has 1 aliphatic heterocycles. The number of alkyl halides is 2. The van der Waals surface area contributed by atoms with Gasteiger partial charge >= 0.3 is 0 Å². The van der Waals surface area contributed by atoms with Crippen molar-refractivity contribution in [2.75, 3.05) is 23.3 Å². The van der Waals surface area contributed by atoms with Gasteiger partial charge in [0, 0.05) is 36.2 Å². The molecule has 0 unspecified atom stereocenters. The molecule has 2 N–H and O–H groups in total. The van der Waals surface area contributed by atoms with Crippen LogP contribution in [0.25, 0.3) is 0 Å². The summed E-state index contributed by atoms with van der Waals surface area (Å²) in [6.45, 7) is -0.0150. The Labute approximate surface area is 156 Å². The zero-order valence-electron chi connectivity index (χ0n) is 15.3. The molecule has 0 atom stereocenters. The maximum absolute atomic E-state index is 13.6. The van der Waals surface area contributed by atoms with Crippen LogP contribution in [0.1, 0.15) is 61.4 Å². The molecular weight excluding hydrogens is 350 g/mol. The van der Waals surface area contributed by atoms with Gasteiger partial charge in [-0.2, -0.15) is 10.1 Å². The molecule has 2 fully saturated rings. The van der Waals surface area contributed by atoms with Gasteiger partial charge in [0.05, 0.1) is 12.2 Å². The minimum Gasteiger partial charge on any atom is -0.334 e. The third-order valence-electron chi connectivity index (χ3n) is 6.01. The van der Waals surface area contributed by atoms with E-state index in [9.17, 15) is 8.78 Å². The van der Waals surface area contributed by atoms with E-state index in [4.69, 9.17) is 0 Å². The molecule has 0 radical (unpaired) electrons. The summed E-state index contributed by atoms with van der Waals surface area (Å²) in [5.41, 5.74) is 3.24. The molecule has 2 aliphatic carbocycles. The molecule has 2 aromatic rings. The zero-order valence-corrected chi connectivity index (χ0v) is 15.3. The lowest BCUT2D eigenvalue weighted by Crippen LogP contribution is -2.27. The number of aryl methyl sites for hydroxylation is 1. The Morgan fingerprint density at radius 2 is 2.00 bits per heavy atom. The van der Waals surface area contributed by atoms with E-state index in [1.165, 1.54) is 31.4 Å². The van der Waals surface area contributed by atoms with Crippen LogP contribution in [0.2, 0.25) is 0 Å². The van der Waals surface area contributed by atoms with Crippen LogP contribution in [-0.4, -0.2) is 39.2 Å². The van der Waals surface area contributed by atoms with Crippen LogP contribution in [0.3, 0.4) is 0 Å². The van der Waals surface area contributed by atoms with Crippen molar-refractivity contribution in [3.05, 3.63) is 23.0 Å². The average molecular weight is 374 g/mol. The van der Waals surface area contributed by atoms with Crippen LogP contribution >= 0.6 is 0 Å². The second kappa shape index (κ2) is 6.42. The smallest absolute Gasteiger partial charge is 0.267 e. The lowest BCUT2D eigenvalue weighted by Gasteiger charge is -2.18. The second-order valence-electron chi connectivity index (χ2n) is 7.99. The van der Waals surface area contributed by atoms with E-state index in [0.29, 0.717) is 24.2 Å². The highest BCUT2D eigenvalue weighted by Gasteiger charge is 2.39. The summed E-state index contributed by atoms with van der Waals surface area (Å²) >= 11 is 0. The van der Waals surface area contributed by atoms with Crippen LogP contribution in [0.5, 0.6) is 0 Å². The summed E-state index contributed by atoms with van der Waals surface area (Å²) < 4.78 is 27.3. The van der Waals surface area contributed by atoms with Gasteiger partial charge in [-0.1, -0.05) is 12.8 Å². The Balaban J connectivity index is 1.42. The number of aromatic nitrogens is 4. The van der Waals surface area contributed by atoms with E-state index < -0.39 is 5.92 Å². The highest BCUT2D eigenvalue weighted by molar-refractivity contribution is 5.61. The van der Waals surface area contributed by atoms with Gasteiger partial charge in [0.2, 0.25) is 5.95 Å². The number of hydrogen-bond acceptors (Lipinski definition) is 5. The number of H-pyrrole nitrogens is 1. The summed E-state index contributed by atoms with van der Waals surface area (Å²) in [5.74, 6) is -0.239. The van der Waals surface area contributed by atoms with E-state index in [2.05, 4.69) is 31.5 Å². The van der Waals surface area contributed by atoms with Crippen molar-refractivity contribution in [2.24, 2.45) is 0 Å². The fourth-order valence-corrected chi connectivity index (χ4v) is 4.54.